The highest BCUT2D eigenvalue weighted by Crippen LogP contribution is 2.19. The number of pyridine rings is 1. The van der Waals surface area contributed by atoms with Crippen molar-refractivity contribution in [1.82, 2.24) is 10.3 Å². The molecule has 3 aromatic rings. The van der Waals surface area contributed by atoms with Crippen LogP contribution >= 0.6 is 15.9 Å². The van der Waals surface area contributed by atoms with Gasteiger partial charge in [0.15, 0.2) is 0 Å². The van der Waals surface area contributed by atoms with Gasteiger partial charge in [-0.3, -0.25) is 9.59 Å². The maximum Gasteiger partial charge on any atom is 0.251 e. The highest BCUT2D eigenvalue weighted by molar-refractivity contribution is 9.10. The monoisotopic (exact) mass is 423 g/mol. The number of benzene rings is 2. The average Bonchev–Trinajstić information content (AvgIpc) is 2.70. The first kappa shape index (κ1) is 18.8. The zero-order valence-corrected chi connectivity index (χ0v) is 16.0. The van der Waals surface area contributed by atoms with Crippen LogP contribution in [0.5, 0.6) is 0 Å². The third kappa shape index (κ3) is 5.49. The summed E-state index contributed by atoms with van der Waals surface area (Å²) < 4.78 is 0.831. The van der Waals surface area contributed by atoms with Gasteiger partial charge in [0, 0.05) is 16.2 Å². The second-order valence-electron chi connectivity index (χ2n) is 5.92. The van der Waals surface area contributed by atoms with Crippen LogP contribution in [-0.4, -0.2) is 16.8 Å². The summed E-state index contributed by atoms with van der Waals surface area (Å²) in [4.78, 5) is 29.2. The molecule has 1 atom stereocenters. The van der Waals surface area contributed by atoms with E-state index in [-0.39, 0.29) is 18.2 Å². The van der Waals surface area contributed by atoms with Crippen molar-refractivity contribution in [3.05, 3.63) is 94.6 Å². The van der Waals surface area contributed by atoms with E-state index in [1.54, 1.807) is 42.6 Å². The molecule has 27 heavy (non-hydrogen) atoms. The zero-order chi connectivity index (χ0) is 19.1. The first-order valence-corrected chi connectivity index (χ1v) is 9.23. The van der Waals surface area contributed by atoms with Crippen LogP contribution in [0.2, 0.25) is 0 Å². The van der Waals surface area contributed by atoms with Crippen LogP contribution in [0.4, 0.5) is 5.82 Å². The first-order chi connectivity index (χ1) is 13.1. The first-order valence-electron chi connectivity index (χ1n) is 8.44. The molecule has 0 aliphatic carbocycles. The molecule has 6 heteroatoms. The lowest BCUT2D eigenvalue weighted by atomic mass is 10.0. The Morgan fingerprint density at radius 2 is 1.59 bits per heavy atom. The van der Waals surface area contributed by atoms with Crippen molar-refractivity contribution in [1.29, 1.82) is 0 Å². The van der Waals surface area contributed by atoms with Crippen LogP contribution in [0.3, 0.4) is 0 Å². The van der Waals surface area contributed by atoms with Gasteiger partial charge in [-0.1, -0.05) is 48.5 Å². The second kappa shape index (κ2) is 9.09. The summed E-state index contributed by atoms with van der Waals surface area (Å²) in [5, 5.41) is 5.71. The van der Waals surface area contributed by atoms with Crippen LogP contribution in [0.15, 0.2) is 83.5 Å². The molecular formula is C21H18BrN3O2. The molecule has 0 saturated carbocycles. The molecule has 0 saturated heterocycles. The predicted octanol–water partition coefficient (Wildman–Crippen LogP) is 4.34. The fourth-order valence-electron chi connectivity index (χ4n) is 2.60. The van der Waals surface area contributed by atoms with E-state index < -0.39 is 6.04 Å². The van der Waals surface area contributed by atoms with E-state index in [0.717, 1.165) is 10.0 Å². The van der Waals surface area contributed by atoms with E-state index in [4.69, 9.17) is 0 Å². The minimum absolute atomic E-state index is 0.0976. The van der Waals surface area contributed by atoms with Crippen molar-refractivity contribution in [2.75, 3.05) is 5.32 Å². The van der Waals surface area contributed by atoms with Crippen molar-refractivity contribution in [2.45, 2.75) is 12.5 Å². The number of hydrogen-bond donors (Lipinski definition) is 2. The van der Waals surface area contributed by atoms with Crippen molar-refractivity contribution in [2.24, 2.45) is 0 Å². The number of halogens is 1. The topological polar surface area (TPSA) is 71.1 Å². The predicted molar refractivity (Wildman–Crippen MR) is 108 cm³/mol. The average molecular weight is 424 g/mol. The molecule has 0 fully saturated rings. The quantitative estimate of drug-likeness (QED) is 0.619. The van der Waals surface area contributed by atoms with Gasteiger partial charge in [0.2, 0.25) is 5.91 Å². The Bertz CT molecular complexity index is 900. The third-order valence-corrected chi connectivity index (χ3v) is 4.40. The lowest BCUT2D eigenvalue weighted by Crippen LogP contribution is -2.31. The minimum Gasteiger partial charge on any atom is -0.345 e. The largest absolute Gasteiger partial charge is 0.345 e. The molecular weight excluding hydrogens is 406 g/mol. The van der Waals surface area contributed by atoms with Gasteiger partial charge in [-0.15, -0.1) is 0 Å². The van der Waals surface area contributed by atoms with Crippen LogP contribution in [0.1, 0.15) is 28.4 Å². The van der Waals surface area contributed by atoms with E-state index in [1.165, 1.54) is 0 Å². The number of carbonyl (C=O) groups excluding carboxylic acids is 2. The van der Waals surface area contributed by atoms with Crippen molar-refractivity contribution in [3.63, 3.8) is 0 Å². The van der Waals surface area contributed by atoms with Gasteiger partial charge in [-0.25, -0.2) is 4.98 Å². The number of rotatable bonds is 6. The normalized spacial score (nSPS) is 11.4. The van der Waals surface area contributed by atoms with E-state index >= 15 is 0 Å². The molecule has 0 radical (unpaired) electrons. The molecule has 2 amide bonds. The minimum atomic E-state index is -0.450. The van der Waals surface area contributed by atoms with Crippen molar-refractivity contribution in [3.8, 4) is 0 Å². The molecule has 0 aliphatic rings. The van der Waals surface area contributed by atoms with Gasteiger partial charge in [0.25, 0.3) is 5.91 Å². The number of aromatic nitrogens is 1. The van der Waals surface area contributed by atoms with Gasteiger partial charge in [0.1, 0.15) is 5.82 Å². The Morgan fingerprint density at radius 1 is 0.926 bits per heavy atom. The van der Waals surface area contributed by atoms with Crippen molar-refractivity contribution >= 4 is 33.6 Å². The van der Waals surface area contributed by atoms with Gasteiger partial charge in [-0.2, -0.15) is 0 Å². The lowest BCUT2D eigenvalue weighted by molar-refractivity contribution is -0.116. The summed E-state index contributed by atoms with van der Waals surface area (Å²) >= 11 is 3.31. The molecule has 1 unspecified atom stereocenters. The molecule has 136 valence electrons. The van der Waals surface area contributed by atoms with E-state index in [9.17, 15) is 9.59 Å². The number of anilines is 1. The molecule has 0 aliphatic heterocycles. The van der Waals surface area contributed by atoms with E-state index in [1.807, 2.05) is 36.4 Å². The van der Waals surface area contributed by atoms with Gasteiger partial charge in [0.05, 0.1) is 12.5 Å². The molecule has 2 aromatic carbocycles. The Balaban J connectivity index is 1.73. The summed E-state index contributed by atoms with van der Waals surface area (Å²) in [6.07, 6.45) is 1.71. The molecule has 5 nitrogen and oxygen atoms in total. The molecule has 1 heterocycles. The number of nitrogens with one attached hydrogen (secondary N) is 2. The summed E-state index contributed by atoms with van der Waals surface area (Å²) in [6, 6.07) is 21.4. The summed E-state index contributed by atoms with van der Waals surface area (Å²) in [5.41, 5.74) is 1.41. The maximum absolute atomic E-state index is 12.5. The fraction of sp³-hybridized carbons (Fsp3) is 0.0952. The van der Waals surface area contributed by atoms with Crippen molar-refractivity contribution < 1.29 is 9.59 Å². The molecule has 0 bridgehead atoms. The van der Waals surface area contributed by atoms with Crippen LogP contribution in [-0.2, 0) is 4.79 Å². The smallest absolute Gasteiger partial charge is 0.251 e. The third-order valence-electron chi connectivity index (χ3n) is 3.93. The standard InChI is InChI=1S/C21H18BrN3O2/c22-17-11-12-19(23-14-17)25-20(26)13-18(15-7-3-1-4-8-15)24-21(27)16-9-5-2-6-10-16/h1-12,14,18H,13H2,(H,24,27)(H,23,25,26). The molecule has 2 N–H and O–H groups in total. The fourth-order valence-corrected chi connectivity index (χ4v) is 2.83. The van der Waals surface area contributed by atoms with Crippen LogP contribution in [0.25, 0.3) is 0 Å². The van der Waals surface area contributed by atoms with Gasteiger partial charge >= 0.3 is 0 Å². The molecule has 3 rings (SSSR count). The number of hydrogen-bond acceptors (Lipinski definition) is 3. The number of carbonyl (C=O) groups is 2. The second-order valence-corrected chi connectivity index (χ2v) is 6.83. The summed E-state index contributed by atoms with van der Waals surface area (Å²) in [6.45, 7) is 0. The highest BCUT2D eigenvalue weighted by Gasteiger charge is 2.19. The van der Waals surface area contributed by atoms with Crippen LogP contribution < -0.4 is 10.6 Å². The lowest BCUT2D eigenvalue weighted by Gasteiger charge is -2.19. The van der Waals surface area contributed by atoms with Crippen LogP contribution in [0, 0.1) is 0 Å². The Labute approximate surface area is 166 Å². The number of amides is 2. The SMILES string of the molecule is O=C(CC(NC(=O)c1ccccc1)c1ccccc1)Nc1ccc(Br)cn1. The Hall–Kier alpha value is -2.99. The summed E-state index contributed by atoms with van der Waals surface area (Å²) in [7, 11) is 0. The molecule has 1 aromatic heterocycles. The molecule has 0 spiro atoms. The van der Waals surface area contributed by atoms with Gasteiger partial charge < -0.3 is 10.6 Å². The zero-order valence-electron chi connectivity index (χ0n) is 14.4. The van der Waals surface area contributed by atoms with E-state index in [0.29, 0.717) is 11.4 Å². The highest BCUT2D eigenvalue weighted by atomic mass is 79.9. The van der Waals surface area contributed by atoms with Gasteiger partial charge in [-0.05, 0) is 45.8 Å². The Morgan fingerprint density at radius 3 is 2.22 bits per heavy atom. The Kier molecular flexibility index (Phi) is 6.33. The number of nitrogens with zero attached hydrogens (tertiary/aromatic N) is 1. The maximum atomic E-state index is 12.5. The van der Waals surface area contributed by atoms with E-state index in [2.05, 4.69) is 31.5 Å². The summed E-state index contributed by atoms with van der Waals surface area (Å²) in [5.74, 6) is 0.00968.